The minimum absolute atomic E-state index is 0.0145. The molecule has 1 aliphatic rings. The van der Waals surface area contributed by atoms with Crippen LogP contribution in [-0.4, -0.2) is 29.6 Å². The van der Waals surface area contributed by atoms with Crippen molar-refractivity contribution in [1.82, 2.24) is 5.32 Å². The van der Waals surface area contributed by atoms with Gasteiger partial charge in [0.1, 0.15) is 0 Å². The Balaban J connectivity index is 1.60. The van der Waals surface area contributed by atoms with Gasteiger partial charge in [-0.05, 0) is 31.2 Å². The van der Waals surface area contributed by atoms with E-state index in [0.29, 0.717) is 17.7 Å². The van der Waals surface area contributed by atoms with Crippen LogP contribution in [0.1, 0.15) is 29.1 Å². The fourth-order valence-corrected chi connectivity index (χ4v) is 2.58. The van der Waals surface area contributed by atoms with Crippen LogP contribution in [0.5, 0.6) is 0 Å². The highest BCUT2D eigenvalue weighted by Gasteiger charge is 2.31. The van der Waals surface area contributed by atoms with E-state index in [1.807, 2.05) is 13.0 Å². The first-order valence-corrected chi connectivity index (χ1v) is 7.92. The summed E-state index contributed by atoms with van der Waals surface area (Å²) in [7, 11) is 0. The van der Waals surface area contributed by atoms with Gasteiger partial charge in [-0.2, -0.15) is 0 Å². The largest absolute Gasteiger partial charge is 0.346 e. The lowest BCUT2D eigenvalue weighted by Gasteiger charge is -2.35. The van der Waals surface area contributed by atoms with Gasteiger partial charge in [0, 0.05) is 23.3 Å². The molecule has 1 heterocycles. The summed E-state index contributed by atoms with van der Waals surface area (Å²) < 4.78 is 11.5. The number of amides is 1. The highest BCUT2D eigenvalue weighted by atomic mass is 16.7. The van der Waals surface area contributed by atoms with Gasteiger partial charge in [-0.15, -0.1) is 0 Å². The minimum Gasteiger partial charge on any atom is -0.346 e. The molecule has 2 aromatic rings. The zero-order valence-electron chi connectivity index (χ0n) is 13.6. The van der Waals surface area contributed by atoms with Gasteiger partial charge in [-0.25, -0.2) is 0 Å². The van der Waals surface area contributed by atoms with Crippen LogP contribution >= 0.6 is 0 Å². The average Bonchev–Trinajstić information content (AvgIpc) is 2.64. The third-order valence-corrected chi connectivity index (χ3v) is 4.06. The van der Waals surface area contributed by atoms with E-state index < -0.39 is 11.2 Å². The van der Waals surface area contributed by atoms with Gasteiger partial charge in [0.15, 0.2) is 6.29 Å². The van der Waals surface area contributed by atoms with E-state index in [4.69, 9.17) is 9.47 Å². The second-order valence-electron chi connectivity index (χ2n) is 5.80. The van der Waals surface area contributed by atoms with Crippen LogP contribution < -0.4 is 5.32 Å². The number of nitrogens with one attached hydrogen (secondary N) is 1. The molecule has 1 saturated heterocycles. The molecule has 1 aliphatic heterocycles. The van der Waals surface area contributed by atoms with E-state index in [9.17, 15) is 14.9 Å². The Morgan fingerprint density at radius 3 is 2.44 bits per heavy atom. The topological polar surface area (TPSA) is 90.7 Å². The summed E-state index contributed by atoms with van der Waals surface area (Å²) >= 11 is 0. The summed E-state index contributed by atoms with van der Waals surface area (Å²) in [6.45, 7) is 2.15. The summed E-state index contributed by atoms with van der Waals surface area (Å²) in [5.41, 5.74) is 1.29. The fourth-order valence-electron chi connectivity index (χ4n) is 2.58. The predicted molar refractivity (Wildman–Crippen MR) is 90.0 cm³/mol. The smallest absolute Gasteiger partial charge is 0.269 e. The van der Waals surface area contributed by atoms with Gasteiger partial charge in [0.05, 0.1) is 23.7 Å². The van der Waals surface area contributed by atoms with Crippen LogP contribution in [0.15, 0.2) is 54.6 Å². The number of rotatable bonds is 4. The van der Waals surface area contributed by atoms with E-state index in [-0.39, 0.29) is 23.7 Å². The van der Waals surface area contributed by atoms with E-state index in [2.05, 4.69) is 5.32 Å². The fraction of sp³-hybridized carbons (Fsp3) is 0.278. The third kappa shape index (κ3) is 4.01. The van der Waals surface area contributed by atoms with Crippen LogP contribution in [0.4, 0.5) is 5.69 Å². The molecule has 3 atom stereocenters. The molecule has 1 N–H and O–H groups in total. The lowest BCUT2D eigenvalue weighted by Crippen LogP contribution is -2.50. The Morgan fingerprint density at radius 1 is 1.16 bits per heavy atom. The van der Waals surface area contributed by atoms with Crippen molar-refractivity contribution >= 4 is 11.6 Å². The molecule has 7 nitrogen and oxygen atoms in total. The Morgan fingerprint density at radius 2 is 1.84 bits per heavy atom. The van der Waals surface area contributed by atoms with Crippen LogP contribution in [0.25, 0.3) is 0 Å². The number of benzene rings is 2. The third-order valence-electron chi connectivity index (χ3n) is 4.06. The summed E-state index contributed by atoms with van der Waals surface area (Å²) in [6, 6.07) is 14.7. The van der Waals surface area contributed by atoms with E-state index in [0.717, 1.165) is 0 Å². The summed E-state index contributed by atoms with van der Waals surface area (Å²) in [5.74, 6) is -0.182. The van der Waals surface area contributed by atoms with Crippen molar-refractivity contribution in [2.75, 3.05) is 6.61 Å². The zero-order valence-corrected chi connectivity index (χ0v) is 13.6. The number of carbonyl (C=O) groups excluding carboxylic acids is 1. The second kappa shape index (κ2) is 7.42. The van der Waals surface area contributed by atoms with Crippen molar-refractivity contribution in [1.29, 1.82) is 0 Å². The predicted octanol–water partition coefficient (Wildman–Crippen LogP) is 2.83. The van der Waals surface area contributed by atoms with Crippen LogP contribution in [-0.2, 0) is 9.47 Å². The van der Waals surface area contributed by atoms with Crippen molar-refractivity contribution in [2.24, 2.45) is 0 Å². The van der Waals surface area contributed by atoms with Gasteiger partial charge in [0.25, 0.3) is 11.6 Å². The molecule has 130 valence electrons. The maximum absolute atomic E-state index is 12.2. The van der Waals surface area contributed by atoms with Crippen molar-refractivity contribution in [2.45, 2.75) is 25.4 Å². The Labute approximate surface area is 144 Å². The first-order chi connectivity index (χ1) is 12.0. The van der Waals surface area contributed by atoms with Crippen molar-refractivity contribution in [3.63, 3.8) is 0 Å². The van der Waals surface area contributed by atoms with Gasteiger partial charge >= 0.3 is 0 Å². The summed E-state index contributed by atoms with van der Waals surface area (Å²) in [6.07, 6.45) is -0.873. The summed E-state index contributed by atoms with van der Waals surface area (Å²) in [4.78, 5) is 22.5. The quantitative estimate of drug-likeness (QED) is 0.681. The van der Waals surface area contributed by atoms with E-state index in [1.165, 1.54) is 12.1 Å². The molecule has 25 heavy (non-hydrogen) atoms. The number of non-ortho nitro benzene ring substituents is 1. The highest BCUT2D eigenvalue weighted by molar-refractivity contribution is 5.94. The number of nitrogens with zero attached hydrogens (tertiary/aromatic N) is 1. The molecule has 3 rings (SSSR count). The monoisotopic (exact) mass is 342 g/mol. The Kier molecular flexibility index (Phi) is 5.06. The first kappa shape index (κ1) is 17.1. The number of carbonyl (C=O) groups is 1. The molecule has 0 bridgehead atoms. The molecule has 2 aromatic carbocycles. The molecule has 0 aliphatic carbocycles. The van der Waals surface area contributed by atoms with Gasteiger partial charge < -0.3 is 14.8 Å². The molecule has 7 heteroatoms. The molecular formula is C18H18N2O5. The lowest BCUT2D eigenvalue weighted by molar-refractivity contribution is -0.384. The number of ether oxygens (including phenoxy) is 2. The SMILES string of the molecule is C[C@H]1O[C@@H](c2ccc([N+](=O)[O-])cc2)OC[C@H]1NC(=O)c1ccccc1. The second-order valence-corrected chi connectivity index (χ2v) is 5.80. The molecule has 0 radical (unpaired) electrons. The van der Waals surface area contributed by atoms with Crippen LogP contribution in [0, 0.1) is 10.1 Å². The maximum atomic E-state index is 12.2. The molecular weight excluding hydrogens is 324 g/mol. The summed E-state index contributed by atoms with van der Waals surface area (Å²) in [5, 5.41) is 13.6. The molecule has 0 saturated carbocycles. The number of nitro groups is 1. The van der Waals surface area contributed by atoms with Crippen molar-refractivity contribution in [3.05, 3.63) is 75.8 Å². The number of hydrogen-bond acceptors (Lipinski definition) is 5. The van der Waals surface area contributed by atoms with Gasteiger partial charge in [-0.1, -0.05) is 18.2 Å². The van der Waals surface area contributed by atoms with Crippen LogP contribution in [0.3, 0.4) is 0 Å². The Hall–Kier alpha value is -2.77. The lowest BCUT2D eigenvalue weighted by atomic mass is 10.1. The standard InChI is InChI=1S/C18H18N2O5/c1-12-16(19-17(21)13-5-3-2-4-6-13)11-24-18(25-12)14-7-9-15(10-8-14)20(22)23/h2-10,12,16,18H,11H2,1H3,(H,19,21)/t12-,16-,18+/m1/s1. The maximum Gasteiger partial charge on any atom is 0.269 e. The minimum atomic E-state index is -0.610. The normalized spacial score (nSPS) is 23.0. The van der Waals surface area contributed by atoms with Gasteiger partial charge in [-0.3, -0.25) is 14.9 Å². The molecule has 0 unspecified atom stereocenters. The number of hydrogen-bond donors (Lipinski definition) is 1. The molecule has 0 aromatic heterocycles. The molecule has 1 fully saturated rings. The molecule has 0 spiro atoms. The van der Waals surface area contributed by atoms with E-state index in [1.54, 1.807) is 36.4 Å². The average molecular weight is 342 g/mol. The number of nitro benzene ring substituents is 1. The van der Waals surface area contributed by atoms with E-state index >= 15 is 0 Å². The van der Waals surface area contributed by atoms with Crippen molar-refractivity contribution < 1.29 is 19.2 Å². The van der Waals surface area contributed by atoms with Crippen molar-refractivity contribution in [3.8, 4) is 0 Å². The highest BCUT2D eigenvalue weighted by Crippen LogP contribution is 2.27. The van der Waals surface area contributed by atoms with Crippen LogP contribution in [0.2, 0.25) is 0 Å². The Bertz CT molecular complexity index is 748. The molecule has 1 amide bonds. The zero-order chi connectivity index (χ0) is 17.8. The van der Waals surface area contributed by atoms with Gasteiger partial charge in [0.2, 0.25) is 0 Å². The first-order valence-electron chi connectivity index (χ1n) is 7.92.